The molecular formula is C27H22ClN3O2S. The van der Waals surface area contributed by atoms with Crippen molar-refractivity contribution in [1.29, 1.82) is 0 Å². The number of anilines is 2. The van der Waals surface area contributed by atoms with Gasteiger partial charge >= 0.3 is 0 Å². The summed E-state index contributed by atoms with van der Waals surface area (Å²) in [6.07, 6.45) is 0. The Labute approximate surface area is 208 Å². The molecule has 0 aliphatic carbocycles. The predicted molar refractivity (Wildman–Crippen MR) is 143 cm³/mol. The van der Waals surface area contributed by atoms with Crippen LogP contribution >= 0.6 is 23.8 Å². The van der Waals surface area contributed by atoms with E-state index >= 15 is 0 Å². The summed E-state index contributed by atoms with van der Waals surface area (Å²) < 4.78 is 0. The number of carbonyl (C=O) groups is 2. The molecule has 0 saturated heterocycles. The van der Waals surface area contributed by atoms with Gasteiger partial charge in [0.15, 0.2) is 5.11 Å². The van der Waals surface area contributed by atoms with Crippen LogP contribution in [0.15, 0.2) is 91.0 Å². The Hall–Kier alpha value is -3.74. The fourth-order valence-electron chi connectivity index (χ4n) is 3.70. The highest BCUT2D eigenvalue weighted by Crippen LogP contribution is 2.28. The van der Waals surface area contributed by atoms with E-state index in [1.54, 1.807) is 53.4 Å². The molecule has 7 heteroatoms. The molecule has 34 heavy (non-hydrogen) atoms. The van der Waals surface area contributed by atoms with E-state index in [2.05, 4.69) is 10.6 Å². The van der Waals surface area contributed by atoms with Gasteiger partial charge in [0, 0.05) is 23.2 Å². The Balaban J connectivity index is 1.46. The second-order valence-corrected chi connectivity index (χ2v) is 8.33. The topological polar surface area (TPSA) is 61.4 Å². The molecule has 2 N–H and O–H groups in total. The van der Waals surface area contributed by atoms with Crippen LogP contribution in [0.3, 0.4) is 0 Å². The molecule has 0 aliphatic rings. The molecule has 0 bridgehead atoms. The Morgan fingerprint density at radius 1 is 0.882 bits per heavy atom. The molecule has 5 nitrogen and oxygen atoms in total. The predicted octanol–water partition coefficient (Wildman–Crippen LogP) is 6.29. The average molecular weight is 488 g/mol. The van der Waals surface area contributed by atoms with Crippen LogP contribution in [0.4, 0.5) is 11.4 Å². The van der Waals surface area contributed by atoms with Crippen molar-refractivity contribution in [2.75, 3.05) is 16.8 Å². The molecule has 0 fully saturated rings. The standard InChI is InChI=1S/C27H22ClN3O2S/c1-2-31(24-13-7-9-18-8-3-4-10-21(18)24)26(33)19-14-16-20(17-15-19)29-27(34)30-25(32)22-11-5-6-12-23(22)28/h3-17H,2H2,1H3,(H2,29,30,32,34). The molecule has 0 radical (unpaired) electrons. The Morgan fingerprint density at radius 3 is 2.29 bits per heavy atom. The maximum atomic E-state index is 13.3. The highest BCUT2D eigenvalue weighted by Gasteiger charge is 2.18. The number of benzene rings is 4. The van der Waals surface area contributed by atoms with Crippen LogP contribution in [0.5, 0.6) is 0 Å². The fraction of sp³-hybridized carbons (Fsp3) is 0.0741. The molecule has 0 aliphatic heterocycles. The first-order valence-electron chi connectivity index (χ1n) is 10.7. The minimum atomic E-state index is -0.399. The van der Waals surface area contributed by atoms with Gasteiger partial charge in [0.05, 0.1) is 16.3 Å². The molecule has 2 amide bonds. The van der Waals surface area contributed by atoms with Gasteiger partial charge in [-0.15, -0.1) is 0 Å². The number of amides is 2. The molecule has 4 aromatic rings. The van der Waals surface area contributed by atoms with E-state index in [0.717, 1.165) is 16.5 Å². The van der Waals surface area contributed by atoms with Crippen molar-refractivity contribution in [2.45, 2.75) is 6.92 Å². The lowest BCUT2D eigenvalue weighted by molar-refractivity contribution is 0.0973. The van der Waals surface area contributed by atoms with Crippen molar-refractivity contribution in [3.05, 3.63) is 107 Å². The molecule has 4 rings (SSSR count). The number of fused-ring (bicyclic) bond motifs is 1. The highest BCUT2D eigenvalue weighted by atomic mass is 35.5. The Kier molecular flexibility index (Phi) is 7.21. The zero-order valence-corrected chi connectivity index (χ0v) is 20.0. The summed E-state index contributed by atoms with van der Waals surface area (Å²) in [6.45, 7) is 2.49. The number of hydrogen-bond acceptors (Lipinski definition) is 3. The molecule has 4 aromatic carbocycles. The number of nitrogens with one attached hydrogen (secondary N) is 2. The summed E-state index contributed by atoms with van der Waals surface area (Å²) in [5.74, 6) is -0.497. The van der Waals surface area contributed by atoms with E-state index in [1.165, 1.54) is 0 Å². The number of nitrogens with zero attached hydrogens (tertiary/aromatic N) is 1. The third-order valence-corrected chi connectivity index (χ3v) is 5.89. The maximum absolute atomic E-state index is 13.3. The molecule has 0 unspecified atom stereocenters. The lowest BCUT2D eigenvalue weighted by Gasteiger charge is -2.23. The van der Waals surface area contributed by atoms with Crippen LogP contribution in [0.2, 0.25) is 5.02 Å². The van der Waals surface area contributed by atoms with Crippen molar-refractivity contribution in [2.24, 2.45) is 0 Å². The van der Waals surface area contributed by atoms with Crippen LogP contribution in [-0.2, 0) is 0 Å². The molecule has 0 saturated carbocycles. The van der Waals surface area contributed by atoms with Gasteiger partial charge < -0.3 is 10.2 Å². The Morgan fingerprint density at radius 2 is 1.56 bits per heavy atom. The van der Waals surface area contributed by atoms with Gasteiger partial charge in [0.2, 0.25) is 0 Å². The van der Waals surface area contributed by atoms with Gasteiger partial charge in [0.1, 0.15) is 0 Å². The number of thiocarbonyl (C=S) groups is 1. The molecular weight excluding hydrogens is 466 g/mol. The van der Waals surface area contributed by atoms with E-state index < -0.39 is 5.91 Å². The van der Waals surface area contributed by atoms with Crippen LogP contribution in [0.25, 0.3) is 10.8 Å². The summed E-state index contributed by atoms with van der Waals surface area (Å²) in [5, 5.41) is 8.16. The molecule has 0 aromatic heterocycles. The maximum Gasteiger partial charge on any atom is 0.258 e. The van der Waals surface area contributed by atoms with Crippen LogP contribution in [0, 0.1) is 0 Å². The van der Waals surface area contributed by atoms with E-state index in [-0.39, 0.29) is 11.0 Å². The van der Waals surface area contributed by atoms with Gasteiger partial charge in [-0.05, 0) is 67.0 Å². The van der Waals surface area contributed by atoms with Crippen LogP contribution in [-0.4, -0.2) is 23.5 Å². The van der Waals surface area contributed by atoms with Gasteiger partial charge in [-0.1, -0.05) is 60.1 Å². The second kappa shape index (κ2) is 10.5. The van der Waals surface area contributed by atoms with E-state index in [4.69, 9.17) is 23.8 Å². The zero-order valence-electron chi connectivity index (χ0n) is 18.4. The van der Waals surface area contributed by atoms with Crippen LogP contribution in [0.1, 0.15) is 27.6 Å². The van der Waals surface area contributed by atoms with Crippen molar-refractivity contribution in [3.63, 3.8) is 0 Å². The SMILES string of the molecule is CCN(C(=O)c1ccc(NC(=S)NC(=O)c2ccccc2Cl)cc1)c1cccc2ccccc12. The third kappa shape index (κ3) is 5.09. The summed E-state index contributed by atoms with van der Waals surface area (Å²) in [7, 11) is 0. The summed E-state index contributed by atoms with van der Waals surface area (Å²) in [5.41, 5.74) is 2.40. The minimum Gasteiger partial charge on any atom is -0.332 e. The van der Waals surface area contributed by atoms with E-state index in [0.29, 0.717) is 28.4 Å². The van der Waals surface area contributed by atoms with Gasteiger partial charge in [0.25, 0.3) is 11.8 Å². The van der Waals surface area contributed by atoms with Crippen molar-refractivity contribution < 1.29 is 9.59 Å². The fourth-order valence-corrected chi connectivity index (χ4v) is 4.13. The van der Waals surface area contributed by atoms with Gasteiger partial charge in [-0.3, -0.25) is 14.9 Å². The van der Waals surface area contributed by atoms with Gasteiger partial charge in [-0.25, -0.2) is 0 Å². The quantitative estimate of drug-likeness (QED) is 0.325. The zero-order chi connectivity index (χ0) is 24.1. The number of carbonyl (C=O) groups excluding carboxylic acids is 2. The Bertz CT molecular complexity index is 1370. The summed E-state index contributed by atoms with van der Waals surface area (Å²) in [6, 6.07) is 27.7. The smallest absolute Gasteiger partial charge is 0.258 e. The van der Waals surface area contributed by atoms with Crippen molar-refractivity contribution >= 4 is 62.9 Å². The molecule has 0 atom stereocenters. The number of rotatable bonds is 5. The summed E-state index contributed by atoms with van der Waals surface area (Å²) in [4.78, 5) is 27.4. The first-order valence-corrected chi connectivity index (χ1v) is 11.5. The number of hydrogen-bond donors (Lipinski definition) is 2. The minimum absolute atomic E-state index is 0.0972. The van der Waals surface area contributed by atoms with Gasteiger partial charge in [-0.2, -0.15) is 0 Å². The lowest BCUT2D eigenvalue weighted by atomic mass is 10.1. The molecule has 170 valence electrons. The lowest BCUT2D eigenvalue weighted by Crippen LogP contribution is -2.34. The largest absolute Gasteiger partial charge is 0.332 e. The van der Waals surface area contributed by atoms with Crippen molar-refractivity contribution in [1.82, 2.24) is 5.32 Å². The first-order chi connectivity index (χ1) is 16.5. The normalized spacial score (nSPS) is 10.5. The van der Waals surface area contributed by atoms with E-state index in [1.807, 2.05) is 49.4 Å². The summed E-state index contributed by atoms with van der Waals surface area (Å²) >= 11 is 11.3. The second-order valence-electron chi connectivity index (χ2n) is 7.51. The third-order valence-electron chi connectivity index (χ3n) is 5.35. The van der Waals surface area contributed by atoms with E-state index in [9.17, 15) is 9.59 Å². The molecule has 0 spiro atoms. The van der Waals surface area contributed by atoms with Crippen LogP contribution < -0.4 is 15.5 Å². The molecule has 0 heterocycles. The monoisotopic (exact) mass is 487 g/mol. The average Bonchev–Trinajstić information content (AvgIpc) is 2.85. The van der Waals surface area contributed by atoms with Crippen molar-refractivity contribution in [3.8, 4) is 0 Å². The highest BCUT2D eigenvalue weighted by molar-refractivity contribution is 7.80. The first kappa shape index (κ1) is 23.4. The number of halogens is 1.